The van der Waals surface area contributed by atoms with Crippen LogP contribution in [-0.4, -0.2) is 57.0 Å². The third-order valence-electron chi connectivity index (χ3n) is 4.69. The molecule has 2 aromatic carbocycles. The van der Waals surface area contributed by atoms with Crippen molar-refractivity contribution in [2.75, 3.05) is 51.1 Å². The van der Waals surface area contributed by atoms with E-state index >= 15 is 0 Å². The fourth-order valence-corrected chi connectivity index (χ4v) is 3.95. The van der Waals surface area contributed by atoms with Gasteiger partial charge in [-0.05, 0) is 36.4 Å². The van der Waals surface area contributed by atoms with Crippen LogP contribution < -0.4 is 14.4 Å². The Labute approximate surface area is 165 Å². The molecule has 1 saturated heterocycles. The lowest BCUT2D eigenvalue weighted by molar-refractivity contribution is -0.131. The van der Waals surface area contributed by atoms with E-state index in [-0.39, 0.29) is 5.91 Å². The first-order valence-electron chi connectivity index (χ1n) is 9.13. The fourth-order valence-electron chi connectivity index (χ4n) is 3.11. The molecule has 0 N–H and O–H groups in total. The van der Waals surface area contributed by atoms with E-state index in [0.717, 1.165) is 54.0 Å². The zero-order chi connectivity index (χ0) is 19.1. The lowest BCUT2D eigenvalue weighted by Crippen LogP contribution is -2.48. The number of hydrogen-bond acceptors (Lipinski definition) is 5. The van der Waals surface area contributed by atoms with Crippen LogP contribution in [0.1, 0.15) is 6.42 Å². The molecule has 0 aliphatic carbocycles. The monoisotopic (exact) mass is 386 g/mol. The summed E-state index contributed by atoms with van der Waals surface area (Å²) in [7, 11) is 3.34. The molecule has 0 saturated carbocycles. The number of thioether (sulfide) groups is 1. The normalized spacial score (nSPS) is 14.1. The molecule has 1 heterocycles. The predicted octanol–water partition coefficient (Wildman–Crippen LogP) is 3.53. The molecule has 1 aliphatic heterocycles. The van der Waals surface area contributed by atoms with E-state index < -0.39 is 0 Å². The Hall–Kier alpha value is -2.34. The number of carbonyl (C=O) groups is 1. The highest BCUT2D eigenvalue weighted by Crippen LogP contribution is 2.24. The molecular weight excluding hydrogens is 360 g/mol. The second-order valence-electron chi connectivity index (χ2n) is 6.34. The number of rotatable bonds is 7. The third-order valence-corrected chi connectivity index (χ3v) is 5.71. The summed E-state index contributed by atoms with van der Waals surface area (Å²) in [5.74, 6) is 2.74. The van der Waals surface area contributed by atoms with Gasteiger partial charge in [-0.3, -0.25) is 4.79 Å². The lowest BCUT2D eigenvalue weighted by Gasteiger charge is -2.36. The highest BCUT2D eigenvalue weighted by Gasteiger charge is 2.21. The summed E-state index contributed by atoms with van der Waals surface area (Å²) < 4.78 is 10.5. The second kappa shape index (κ2) is 9.55. The summed E-state index contributed by atoms with van der Waals surface area (Å²) in [6.45, 7) is 3.24. The van der Waals surface area contributed by atoms with Crippen LogP contribution >= 0.6 is 11.8 Å². The second-order valence-corrected chi connectivity index (χ2v) is 7.51. The standard InChI is InChI=1S/C21H26N2O3S/c1-25-18-6-8-20(9-7-18)27-15-10-21(24)23-13-11-22(12-14-23)17-4-3-5-19(16-17)26-2/h3-9,16H,10-15H2,1-2H3. The molecule has 0 unspecified atom stereocenters. The number of ether oxygens (including phenoxy) is 2. The third kappa shape index (κ3) is 5.32. The van der Waals surface area contributed by atoms with Crippen molar-refractivity contribution >= 4 is 23.4 Å². The van der Waals surface area contributed by atoms with E-state index in [1.165, 1.54) is 0 Å². The van der Waals surface area contributed by atoms with Crippen molar-refractivity contribution in [3.8, 4) is 11.5 Å². The summed E-state index contributed by atoms with van der Waals surface area (Å²) in [5.41, 5.74) is 1.15. The number of amides is 1. The van der Waals surface area contributed by atoms with Gasteiger partial charge in [0, 0.05) is 55.0 Å². The molecular formula is C21H26N2O3S. The van der Waals surface area contributed by atoms with E-state index in [4.69, 9.17) is 9.47 Å². The van der Waals surface area contributed by atoms with Gasteiger partial charge in [-0.15, -0.1) is 11.8 Å². The number of nitrogens with zero attached hydrogens (tertiary/aromatic N) is 2. The van der Waals surface area contributed by atoms with Gasteiger partial charge in [0.15, 0.2) is 0 Å². The average molecular weight is 387 g/mol. The minimum Gasteiger partial charge on any atom is -0.497 e. The Bertz CT molecular complexity index is 743. The maximum atomic E-state index is 12.5. The molecule has 1 fully saturated rings. The van der Waals surface area contributed by atoms with Crippen LogP contribution in [0.4, 0.5) is 5.69 Å². The van der Waals surface area contributed by atoms with Gasteiger partial charge in [0.05, 0.1) is 14.2 Å². The van der Waals surface area contributed by atoms with Gasteiger partial charge in [0.2, 0.25) is 5.91 Å². The zero-order valence-electron chi connectivity index (χ0n) is 15.9. The van der Waals surface area contributed by atoms with E-state index in [9.17, 15) is 4.79 Å². The number of benzene rings is 2. The Morgan fingerprint density at radius 3 is 2.33 bits per heavy atom. The Morgan fingerprint density at radius 2 is 1.67 bits per heavy atom. The number of anilines is 1. The van der Waals surface area contributed by atoms with Crippen LogP contribution in [0.3, 0.4) is 0 Å². The first kappa shape index (κ1) is 19.4. The average Bonchev–Trinajstić information content (AvgIpc) is 2.74. The SMILES string of the molecule is COc1ccc(SCCC(=O)N2CCN(c3cccc(OC)c3)CC2)cc1. The van der Waals surface area contributed by atoms with Crippen LogP contribution in [-0.2, 0) is 4.79 Å². The van der Waals surface area contributed by atoms with E-state index in [1.54, 1.807) is 26.0 Å². The summed E-state index contributed by atoms with van der Waals surface area (Å²) in [6.07, 6.45) is 0.565. The summed E-state index contributed by atoms with van der Waals surface area (Å²) >= 11 is 1.71. The molecule has 1 amide bonds. The number of carbonyl (C=O) groups excluding carboxylic acids is 1. The van der Waals surface area contributed by atoms with Crippen molar-refractivity contribution in [3.63, 3.8) is 0 Å². The first-order valence-corrected chi connectivity index (χ1v) is 10.1. The molecule has 144 valence electrons. The van der Waals surface area contributed by atoms with E-state index in [2.05, 4.69) is 11.0 Å². The van der Waals surface area contributed by atoms with Crippen molar-refractivity contribution in [2.45, 2.75) is 11.3 Å². The van der Waals surface area contributed by atoms with Gasteiger partial charge < -0.3 is 19.3 Å². The van der Waals surface area contributed by atoms with E-state index in [0.29, 0.717) is 6.42 Å². The van der Waals surface area contributed by atoms with E-state index in [1.807, 2.05) is 47.4 Å². The highest BCUT2D eigenvalue weighted by molar-refractivity contribution is 7.99. The topological polar surface area (TPSA) is 42.0 Å². The summed E-state index contributed by atoms with van der Waals surface area (Å²) in [4.78, 5) is 17.9. The summed E-state index contributed by atoms with van der Waals surface area (Å²) in [6, 6.07) is 16.0. The molecule has 5 nitrogen and oxygen atoms in total. The quantitative estimate of drug-likeness (QED) is 0.681. The molecule has 1 aliphatic rings. The maximum Gasteiger partial charge on any atom is 0.223 e. The largest absolute Gasteiger partial charge is 0.497 e. The zero-order valence-corrected chi connectivity index (χ0v) is 16.7. The van der Waals surface area contributed by atoms with Crippen LogP contribution in [0.25, 0.3) is 0 Å². The van der Waals surface area contributed by atoms with Crippen LogP contribution in [0.15, 0.2) is 53.4 Å². The van der Waals surface area contributed by atoms with Crippen molar-refractivity contribution in [1.29, 1.82) is 0 Å². The van der Waals surface area contributed by atoms with Crippen molar-refractivity contribution in [3.05, 3.63) is 48.5 Å². The fraction of sp³-hybridized carbons (Fsp3) is 0.381. The molecule has 27 heavy (non-hydrogen) atoms. The highest BCUT2D eigenvalue weighted by atomic mass is 32.2. The molecule has 0 bridgehead atoms. The maximum absolute atomic E-state index is 12.5. The smallest absolute Gasteiger partial charge is 0.223 e. The van der Waals surface area contributed by atoms with Gasteiger partial charge >= 0.3 is 0 Å². The summed E-state index contributed by atoms with van der Waals surface area (Å²) in [5, 5.41) is 0. The van der Waals surface area contributed by atoms with Crippen LogP contribution in [0, 0.1) is 0 Å². The van der Waals surface area contributed by atoms with Gasteiger partial charge in [-0.1, -0.05) is 6.07 Å². The van der Waals surface area contributed by atoms with Gasteiger partial charge in [0.25, 0.3) is 0 Å². The van der Waals surface area contributed by atoms with Crippen molar-refractivity contribution < 1.29 is 14.3 Å². The lowest BCUT2D eigenvalue weighted by atomic mass is 10.2. The Kier molecular flexibility index (Phi) is 6.87. The molecule has 0 atom stereocenters. The minimum absolute atomic E-state index is 0.237. The molecule has 6 heteroatoms. The van der Waals surface area contributed by atoms with Crippen molar-refractivity contribution in [2.24, 2.45) is 0 Å². The van der Waals surface area contributed by atoms with Gasteiger partial charge in [-0.2, -0.15) is 0 Å². The molecule has 0 spiro atoms. The number of methoxy groups -OCH3 is 2. The number of hydrogen-bond donors (Lipinski definition) is 0. The van der Waals surface area contributed by atoms with Crippen LogP contribution in [0.5, 0.6) is 11.5 Å². The Morgan fingerprint density at radius 1 is 0.963 bits per heavy atom. The molecule has 2 aromatic rings. The molecule has 0 radical (unpaired) electrons. The molecule has 0 aromatic heterocycles. The minimum atomic E-state index is 0.237. The van der Waals surface area contributed by atoms with Gasteiger partial charge in [-0.25, -0.2) is 0 Å². The predicted molar refractivity (Wildman–Crippen MR) is 110 cm³/mol. The van der Waals surface area contributed by atoms with Crippen LogP contribution in [0.2, 0.25) is 0 Å². The Balaban J connectivity index is 1.42. The van der Waals surface area contributed by atoms with Crippen molar-refractivity contribution in [1.82, 2.24) is 4.90 Å². The van der Waals surface area contributed by atoms with Gasteiger partial charge in [0.1, 0.15) is 11.5 Å². The first-order chi connectivity index (χ1) is 13.2. The molecule has 3 rings (SSSR count). The number of piperazine rings is 1.